The lowest BCUT2D eigenvalue weighted by molar-refractivity contribution is 0.601. The van der Waals surface area contributed by atoms with Crippen molar-refractivity contribution in [1.82, 2.24) is 0 Å². The molecule has 0 spiro atoms. The molecule has 0 unspecified atom stereocenters. The van der Waals surface area contributed by atoms with Crippen molar-refractivity contribution in [3.8, 4) is 0 Å². The van der Waals surface area contributed by atoms with Gasteiger partial charge in [0.1, 0.15) is 0 Å². The minimum absolute atomic E-state index is 0.0916. The van der Waals surface area contributed by atoms with Crippen LogP contribution < -0.4 is 4.72 Å². The molecule has 2 aromatic carbocycles. The van der Waals surface area contributed by atoms with Crippen molar-refractivity contribution in [3.05, 3.63) is 55.9 Å². The quantitative estimate of drug-likeness (QED) is 0.748. The van der Waals surface area contributed by atoms with Crippen molar-refractivity contribution in [2.45, 2.75) is 4.90 Å². The molecule has 0 aliphatic heterocycles. The maximum absolute atomic E-state index is 12.3. The van der Waals surface area contributed by atoms with Gasteiger partial charge in [0.15, 0.2) is 0 Å². The van der Waals surface area contributed by atoms with Crippen LogP contribution in [-0.4, -0.2) is 8.42 Å². The van der Waals surface area contributed by atoms with E-state index in [0.717, 1.165) is 0 Å². The van der Waals surface area contributed by atoms with Gasteiger partial charge in [0, 0.05) is 9.50 Å². The molecule has 0 saturated carbocycles. The average molecular weight is 416 g/mol. The Bertz CT molecular complexity index is 742. The fourth-order valence-corrected chi connectivity index (χ4v) is 4.19. The molecular weight excluding hydrogens is 408 g/mol. The fourth-order valence-electron chi connectivity index (χ4n) is 1.47. The van der Waals surface area contributed by atoms with Crippen LogP contribution in [0.5, 0.6) is 0 Å². The predicted octanol–water partition coefficient (Wildman–Crippen LogP) is 5.21. The molecule has 0 bridgehead atoms. The summed E-state index contributed by atoms with van der Waals surface area (Å²) in [6.07, 6.45) is 0. The zero-order chi connectivity index (χ0) is 14.9. The van der Waals surface area contributed by atoms with Crippen LogP contribution in [0.4, 0.5) is 5.69 Å². The Hall–Kier alpha value is -0.460. The van der Waals surface area contributed by atoms with Crippen LogP contribution in [0.2, 0.25) is 15.1 Å². The van der Waals surface area contributed by atoms with Gasteiger partial charge in [-0.25, -0.2) is 8.42 Å². The van der Waals surface area contributed by atoms with Crippen LogP contribution >= 0.6 is 50.7 Å². The molecule has 0 heterocycles. The molecule has 1 N–H and O–H groups in total. The molecule has 2 aromatic rings. The topological polar surface area (TPSA) is 46.2 Å². The highest BCUT2D eigenvalue weighted by Crippen LogP contribution is 2.35. The number of hydrogen-bond acceptors (Lipinski definition) is 2. The second-order valence-corrected chi connectivity index (χ2v) is 7.66. The summed E-state index contributed by atoms with van der Waals surface area (Å²) in [6.45, 7) is 0. The van der Waals surface area contributed by atoms with Crippen molar-refractivity contribution >= 4 is 66.4 Å². The summed E-state index contributed by atoms with van der Waals surface area (Å²) in [5.74, 6) is 0. The highest BCUT2D eigenvalue weighted by atomic mass is 79.9. The molecule has 106 valence electrons. The molecule has 2 rings (SSSR count). The highest BCUT2D eigenvalue weighted by molar-refractivity contribution is 9.10. The van der Waals surface area contributed by atoms with E-state index in [0.29, 0.717) is 9.50 Å². The van der Waals surface area contributed by atoms with E-state index in [9.17, 15) is 8.42 Å². The molecule has 0 saturated heterocycles. The number of benzene rings is 2. The van der Waals surface area contributed by atoms with Gasteiger partial charge in [-0.05, 0) is 30.3 Å². The molecule has 3 nitrogen and oxygen atoms in total. The highest BCUT2D eigenvalue weighted by Gasteiger charge is 2.18. The van der Waals surface area contributed by atoms with Gasteiger partial charge in [-0.2, -0.15) is 0 Å². The molecule has 8 heteroatoms. The smallest absolute Gasteiger partial charge is 0.262 e. The molecule has 20 heavy (non-hydrogen) atoms. The van der Waals surface area contributed by atoms with E-state index >= 15 is 0 Å². The van der Waals surface area contributed by atoms with Gasteiger partial charge < -0.3 is 0 Å². The molecular formula is C12H7BrCl3NO2S. The molecule has 0 amide bonds. The SMILES string of the molecule is O=S(=O)(Nc1c(Cl)cc(Cl)cc1Cl)c1cccc(Br)c1. The lowest BCUT2D eigenvalue weighted by Gasteiger charge is -2.12. The zero-order valence-electron chi connectivity index (χ0n) is 9.70. The van der Waals surface area contributed by atoms with Crippen LogP contribution in [0.15, 0.2) is 45.8 Å². The first-order chi connectivity index (χ1) is 9.29. The Kier molecular flexibility index (Phi) is 4.87. The fraction of sp³-hybridized carbons (Fsp3) is 0. The number of hydrogen-bond donors (Lipinski definition) is 1. The van der Waals surface area contributed by atoms with Gasteiger partial charge in [-0.15, -0.1) is 0 Å². The first-order valence-corrected chi connectivity index (χ1v) is 8.63. The average Bonchev–Trinajstić information content (AvgIpc) is 2.34. The Labute approximate surface area is 140 Å². The van der Waals surface area contributed by atoms with Crippen LogP contribution in [0.3, 0.4) is 0 Å². The summed E-state index contributed by atoms with van der Waals surface area (Å²) in [5, 5.41) is 0.576. The number of sulfonamides is 1. The second-order valence-electron chi connectivity index (χ2n) is 3.81. The van der Waals surface area contributed by atoms with Gasteiger partial charge in [0.05, 0.1) is 20.6 Å². The van der Waals surface area contributed by atoms with Gasteiger partial charge in [-0.1, -0.05) is 56.8 Å². The maximum Gasteiger partial charge on any atom is 0.262 e. The van der Waals surface area contributed by atoms with E-state index in [-0.39, 0.29) is 20.6 Å². The van der Waals surface area contributed by atoms with Crippen molar-refractivity contribution in [2.75, 3.05) is 4.72 Å². The van der Waals surface area contributed by atoms with E-state index in [1.54, 1.807) is 12.1 Å². The van der Waals surface area contributed by atoms with Crippen molar-refractivity contribution in [2.24, 2.45) is 0 Å². The van der Waals surface area contributed by atoms with Crippen LogP contribution in [0.1, 0.15) is 0 Å². The number of halogens is 4. The molecule has 0 aliphatic carbocycles. The van der Waals surface area contributed by atoms with Crippen LogP contribution in [0.25, 0.3) is 0 Å². The molecule has 0 atom stereocenters. The molecule has 0 aliphatic rings. The lowest BCUT2D eigenvalue weighted by atomic mass is 10.3. The van der Waals surface area contributed by atoms with Gasteiger partial charge in [0.25, 0.3) is 10.0 Å². The summed E-state index contributed by atoms with van der Waals surface area (Å²) in [7, 11) is -3.79. The van der Waals surface area contributed by atoms with Crippen molar-refractivity contribution in [3.63, 3.8) is 0 Å². The first-order valence-electron chi connectivity index (χ1n) is 5.22. The van der Waals surface area contributed by atoms with E-state index in [1.165, 1.54) is 24.3 Å². The van der Waals surface area contributed by atoms with Crippen molar-refractivity contribution < 1.29 is 8.42 Å². The summed E-state index contributed by atoms with van der Waals surface area (Å²) < 4.78 is 27.5. The molecule has 0 fully saturated rings. The maximum atomic E-state index is 12.3. The second kappa shape index (κ2) is 6.12. The van der Waals surface area contributed by atoms with E-state index in [2.05, 4.69) is 20.7 Å². The van der Waals surface area contributed by atoms with Crippen LogP contribution in [-0.2, 0) is 10.0 Å². The molecule has 0 aromatic heterocycles. The van der Waals surface area contributed by atoms with Gasteiger partial charge in [0.2, 0.25) is 0 Å². The Morgan fingerprint density at radius 1 is 1.00 bits per heavy atom. The van der Waals surface area contributed by atoms with Crippen molar-refractivity contribution in [1.29, 1.82) is 0 Å². The Morgan fingerprint density at radius 2 is 1.60 bits per heavy atom. The third-order valence-electron chi connectivity index (χ3n) is 2.35. The number of nitrogens with one attached hydrogen (secondary N) is 1. The minimum atomic E-state index is -3.79. The van der Waals surface area contributed by atoms with Gasteiger partial charge >= 0.3 is 0 Å². The summed E-state index contributed by atoms with van der Waals surface area (Å²) in [6, 6.07) is 9.09. The van der Waals surface area contributed by atoms with Crippen LogP contribution in [0, 0.1) is 0 Å². The third kappa shape index (κ3) is 3.59. The normalized spacial score (nSPS) is 11.4. The summed E-state index contributed by atoms with van der Waals surface area (Å²) in [4.78, 5) is 0.0916. The largest absolute Gasteiger partial charge is 0.277 e. The monoisotopic (exact) mass is 413 g/mol. The Balaban J connectivity index is 2.44. The predicted molar refractivity (Wildman–Crippen MR) is 86.4 cm³/mol. The van der Waals surface area contributed by atoms with Gasteiger partial charge in [-0.3, -0.25) is 4.72 Å². The van der Waals surface area contributed by atoms with E-state index < -0.39 is 10.0 Å². The Morgan fingerprint density at radius 3 is 2.15 bits per heavy atom. The first kappa shape index (κ1) is 15.9. The van der Waals surface area contributed by atoms with E-state index in [4.69, 9.17) is 34.8 Å². The minimum Gasteiger partial charge on any atom is -0.277 e. The zero-order valence-corrected chi connectivity index (χ0v) is 14.4. The number of anilines is 1. The third-order valence-corrected chi connectivity index (χ3v) is 5.00. The molecule has 0 radical (unpaired) electrons. The number of rotatable bonds is 3. The lowest BCUT2D eigenvalue weighted by Crippen LogP contribution is -2.13. The standard InChI is InChI=1S/C12H7BrCl3NO2S/c13-7-2-1-3-9(4-7)20(18,19)17-12-10(15)5-8(14)6-11(12)16/h1-6,17H. The summed E-state index contributed by atoms with van der Waals surface area (Å²) >= 11 is 20.9. The summed E-state index contributed by atoms with van der Waals surface area (Å²) in [5.41, 5.74) is 0.0951. The van der Waals surface area contributed by atoms with E-state index in [1.807, 2.05) is 0 Å².